The maximum atomic E-state index is 11.4. The number of nitrogens with one attached hydrogen (secondary N) is 1. The number of sulfonamides is 1. The van der Waals surface area contributed by atoms with Crippen molar-refractivity contribution in [3.8, 4) is 0 Å². The van der Waals surface area contributed by atoms with Gasteiger partial charge in [0.1, 0.15) is 0 Å². The highest BCUT2D eigenvalue weighted by molar-refractivity contribution is 7.89. The molecule has 0 radical (unpaired) electrons. The Morgan fingerprint density at radius 1 is 1.39 bits per heavy atom. The molecule has 0 unspecified atom stereocenters. The highest BCUT2D eigenvalue weighted by Crippen LogP contribution is 2.20. The molecule has 0 bridgehead atoms. The van der Waals surface area contributed by atoms with Crippen LogP contribution in [0.25, 0.3) is 0 Å². The molecule has 0 fully saturated rings. The van der Waals surface area contributed by atoms with Crippen LogP contribution < -0.4 is 15.4 Å². The SMILES string of the molecule is CCN(CCS(=O)(=O)NC)c1ccc(N)c(C)c1. The maximum absolute atomic E-state index is 11.4. The van der Waals surface area contributed by atoms with Crippen molar-refractivity contribution in [2.45, 2.75) is 13.8 Å². The van der Waals surface area contributed by atoms with Crippen LogP contribution in [0.1, 0.15) is 12.5 Å². The first-order valence-corrected chi connectivity index (χ1v) is 7.57. The summed E-state index contributed by atoms with van der Waals surface area (Å²) in [7, 11) is -1.74. The molecular formula is C12H21N3O2S. The van der Waals surface area contributed by atoms with E-state index in [4.69, 9.17) is 5.73 Å². The van der Waals surface area contributed by atoms with Crippen LogP contribution in [-0.2, 0) is 10.0 Å². The van der Waals surface area contributed by atoms with Gasteiger partial charge in [-0.25, -0.2) is 13.1 Å². The number of hydrogen-bond donors (Lipinski definition) is 2. The van der Waals surface area contributed by atoms with Crippen molar-refractivity contribution in [1.29, 1.82) is 0 Å². The molecule has 0 spiro atoms. The zero-order valence-corrected chi connectivity index (χ0v) is 11.9. The normalized spacial score (nSPS) is 11.5. The molecule has 5 nitrogen and oxygen atoms in total. The number of benzene rings is 1. The Hall–Kier alpha value is -1.27. The molecule has 1 aromatic rings. The molecule has 0 aliphatic rings. The summed E-state index contributed by atoms with van der Waals surface area (Å²) in [4.78, 5) is 2.02. The number of nitrogen functional groups attached to an aromatic ring is 1. The molecular weight excluding hydrogens is 250 g/mol. The zero-order valence-electron chi connectivity index (χ0n) is 11.1. The van der Waals surface area contributed by atoms with Crippen LogP contribution in [0.4, 0.5) is 11.4 Å². The van der Waals surface area contributed by atoms with Crippen molar-refractivity contribution in [3.63, 3.8) is 0 Å². The third-order valence-corrected chi connectivity index (χ3v) is 4.28. The lowest BCUT2D eigenvalue weighted by atomic mass is 10.1. The van der Waals surface area contributed by atoms with Gasteiger partial charge < -0.3 is 10.6 Å². The predicted molar refractivity (Wildman–Crippen MR) is 76.3 cm³/mol. The van der Waals surface area contributed by atoms with Gasteiger partial charge in [0.2, 0.25) is 10.0 Å². The predicted octanol–water partition coefficient (Wildman–Crippen LogP) is 0.953. The molecule has 6 heteroatoms. The summed E-state index contributed by atoms with van der Waals surface area (Å²) >= 11 is 0. The molecule has 0 saturated carbocycles. The Kier molecular flexibility index (Phi) is 4.98. The minimum absolute atomic E-state index is 0.0841. The van der Waals surface area contributed by atoms with Crippen molar-refractivity contribution in [2.24, 2.45) is 0 Å². The third-order valence-electron chi connectivity index (χ3n) is 2.94. The molecule has 1 rings (SSSR count). The van der Waals surface area contributed by atoms with Crippen LogP contribution in [0.2, 0.25) is 0 Å². The van der Waals surface area contributed by atoms with E-state index in [1.807, 2.05) is 36.9 Å². The van der Waals surface area contributed by atoms with Crippen molar-refractivity contribution in [1.82, 2.24) is 4.72 Å². The van der Waals surface area contributed by atoms with E-state index in [0.29, 0.717) is 6.54 Å². The molecule has 0 amide bonds. The fourth-order valence-corrected chi connectivity index (χ4v) is 2.32. The number of anilines is 2. The number of nitrogens with zero attached hydrogens (tertiary/aromatic N) is 1. The molecule has 102 valence electrons. The molecule has 0 saturated heterocycles. The van der Waals surface area contributed by atoms with Gasteiger partial charge in [0.15, 0.2) is 0 Å². The van der Waals surface area contributed by atoms with Gasteiger partial charge in [-0.15, -0.1) is 0 Å². The summed E-state index contributed by atoms with van der Waals surface area (Å²) in [5, 5.41) is 0. The first-order valence-electron chi connectivity index (χ1n) is 5.92. The Balaban J connectivity index is 2.80. The van der Waals surface area contributed by atoms with Crippen molar-refractivity contribution in [2.75, 3.05) is 36.5 Å². The Morgan fingerprint density at radius 2 is 2.06 bits per heavy atom. The zero-order chi connectivity index (χ0) is 13.8. The van der Waals surface area contributed by atoms with Gasteiger partial charge in [0.25, 0.3) is 0 Å². The van der Waals surface area contributed by atoms with E-state index in [-0.39, 0.29) is 5.75 Å². The maximum Gasteiger partial charge on any atom is 0.213 e. The smallest absolute Gasteiger partial charge is 0.213 e. The average Bonchev–Trinajstić information content (AvgIpc) is 2.34. The number of rotatable bonds is 6. The van der Waals surface area contributed by atoms with Gasteiger partial charge in [0.05, 0.1) is 5.75 Å². The minimum Gasteiger partial charge on any atom is -0.399 e. The van der Waals surface area contributed by atoms with Gasteiger partial charge >= 0.3 is 0 Å². The second-order valence-electron chi connectivity index (χ2n) is 4.14. The lowest BCUT2D eigenvalue weighted by molar-refractivity contribution is 0.587. The fourth-order valence-electron chi connectivity index (χ4n) is 1.66. The molecule has 0 heterocycles. The fraction of sp³-hybridized carbons (Fsp3) is 0.500. The quantitative estimate of drug-likeness (QED) is 0.755. The van der Waals surface area contributed by atoms with E-state index in [1.54, 1.807) is 0 Å². The summed E-state index contributed by atoms with van der Waals surface area (Å²) in [5.41, 5.74) is 8.52. The monoisotopic (exact) mass is 271 g/mol. The van der Waals surface area contributed by atoms with Gasteiger partial charge in [0, 0.05) is 24.5 Å². The third kappa shape index (κ3) is 3.89. The first-order chi connectivity index (χ1) is 8.39. The first kappa shape index (κ1) is 14.8. The van der Waals surface area contributed by atoms with Crippen LogP contribution >= 0.6 is 0 Å². The van der Waals surface area contributed by atoms with E-state index in [0.717, 1.165) is 23.5 Å². The van der Waals surface area contributed by atoms with Crippen LogP contribution in [0, 0.1) is 6.92 Å². The van der Waals surface area contributed by atoms with Gasteiger partial charge in [-0.05, 0) is 44.7 Å². The second kappa shape index (κ2) is 6.06. The molecule has 0 aliphatic heterocycles. The molecule has 0 atom stereocenters. The standard InChI is InChI=1S/C12H21N3O2S/c1-4-15(7-8-18(16,17)14-3)11-5-6-12(13)10(2)9-11/h5-6,9,14H,4,7-8,13H2,1-3H3. The number of nitrogens with two attached hydrogens (primary N) is 1. The van der Waals surface area contributed by atoms with Crippen LogP contribution in [0.5, 0.6) is 0 Å². The minimum atomic E-state index is -3.17. The van der Waals surface area contributed by atoms with E-state index in [2.05, 4.69) is 4.72 Å². The van der Waals surface area contributed by atoms with Crippen molar-refractivity contribution >= 4 is 21.4 Å². The number of aryl methyl sites for hydroxylation is 1. The van der Waals surface area contributed by atoms with Crippen molar-refractivity contribution < 1.29 is 8.42 Å². The molecule has 18 heavy (non-hydrogen) atoms. The summed E-state index contributed by atoms with van der Waals surface area (Å²) in [6, 6.07) is 5.74. The van der Waals surface area contributed by atoms with Gasteiger partial charge in [-0.1, -0.05) is 0 Å². The Bertz CT molecular complexity index is 500. The summed E-state index contributed by atoms with van der Waals surface area (Å²) < 4.78 is 25.1. The largest absolute Gasteiger partial charge is 0.399 e. The van der Waals surface area contributed by atoms with Crippen LogP contribution in [-0.4, -0.2) is 34.3 Å². The lowest BCUT2D eigenvalue weighted by Gasteiger charge is -2.23. The van der Waals surface area contributed by atoms with Crippen molar-refractivity contribution in [3.05, 3.63) is 23.8 Å². The topological polar surface area (TPSA) is 75.4 Å². The molecule has 3 N–H and O–H groups in total. The molecule has 0 aromatic heterocycles. The highest BCUT2D eigenvalue weighted by atomic mass is 32.2. The average molecular weight is 271 g/mol. The summed E-state index contributed by atoms with van der Waals surface area (Å²) in [6.45, 7) is 5.15. The Morgan fingerprint density at radius 3 is 2.56 bits per heavy atom. The lowest BCUT2D eigenvalue weighted by Crippen LogP contribution is -2.33. The van der Waals surface area contributed by atoms with Gasteiger partial charge in [-0.2, -0.15) is 0 Å². The van der Waals surface area contributed by atoms with Crippen LogP contribution in [0.15, 0.2) is 18.2 Å². The molecule has 0 aliphatic carbocycles. The van der Waals surface area contributed by atoms with Gasteiger partial charge in [-0.3, -0.25) is 0 Å². The van der Waals surface area contributed by atoms with E-state index in [1.165, 1.54) is 7.05 Å². The second-order valence-corrected chi connectivity index (χ2v) is 6.19. The summed E-state index contributed by atoms with van der Waals surface area (Å²) in [6.07, 6.45) is 0. The number of hydrogen-bond acceptors (Lipinski definition) is 4. The highest BCUT2D eigenvalue weighted by Gasteiger charge is 2.11. The van der Waals surface area contributed by atoms with Crippen LogP contribution in [0.3, 0.4) is 0 Å². The Labute approximate surface area is 109 Å². The van der Waals surface area contributed by atoms with E-state index >= 15 is 0 Å². The molecule has 1 aromatic carbocycles. The summed E-state index contributed by atoms with van der Waals surface area (Å²) in [5.74, 6) is 0.0841. The van der Waals surface area contributed by atoms with E-state index in [9.17, 15) is 8.42 Å². The van der Waals surface area contributed by atoms with E-state index < -0.39 is 10.0 Å².